The molecular weight excluding hydrogens is 231 g/mol. The molecule has 1 N–H and O–H groups in total. The summed E-state index contributed by atoms with van der Waals surface area (Å²) in [6, 6.07) is -0.525. The molecule has 17 heavy (non-hydrogen) atoms. The van der Waals surface area contributed by atoms with Crippen molar-refractivity contribution in [2.24, 2.45) is 5.92 Å². The van der Waals surface area contributed by atoms with Crippen molar-refractivity contribution >= 4 is 5.91 Å². The Bertz CT molecular complexity index is 368. The fourth-order valence-electron chi connectivity index (χ4n) is 1.98. The predicted molar refractivity (Wildman–Crippen MR) is 59.3 cm³/mol. The van der Waals surface area contributed by atoms with Crippen LogP contribution in [0.25, 0.3) is 0 Å². The minimum atomic E-state index is -4.81. The molecule has 0 aromatic carbocycles. The van der Waals surface area contributed by atoms with Crippen molar-refractivity contribution < 1.29 is 18.0 Å². The van der Waals surface area contributed by atoms with Crippen LogP contribution in [-0.2, 0) is 4.79 Å². The second-order valence-electron chi connectivity index (χ2n) is 4.53. The van der Waals surface area contributed by atoms with Gasteiger partial charge in [0.25, 0.3) is 0 Å². The molecule has 0 aliphatic heterocycles. The topological polar surface area (TPSA) is 29.1 Å². The Morgan fingerprint density at radius 3 is 2.53 bits per heavy atom. The molecule has 0 aromatic heterocycles. The Kier molecular flexibility index (Phi) is 4.01. The number of hydrogen-bond donors (Lipinski definition) is 1. The highest BCUT2D eigenvalue weighted by molar-refractivity contribution is 5.81. The number of amides is 1. The molecule has 96 valence electrons. The average molecular weight is 247 g/mol. The third-order valence-corrected chi connectivity index (χ3v) is 2.77. The first kappa shape index (κ1) is 13.8. The van der Waals surface area contributed by atoms with Gasteiger partial charge in [-0.15, -0.1) is 0 Å². The van der Waals surface area contributed by atoms with E-state index in [1.165, 1.54) is 0 Å². The third-order valence-electron chi connectivity index (χ3n) is 2.77. The van der Waals surface area contributed by atoms with Crippen molar-refractivity contribution in [3.63, 3.8) is 0 Å². The van der Waals surface area contributed by atoms with Gasteiger partial charge < -0.3 is 5.32 Å². The van der Waals surface area contributed by atoms with Crippen LogP contribution in [0, 0.1) is 5.92 Å². The van der Waals surface area contributed by atoms with Gasteiger partial charge in [-0.2, -0.15) is 13.2 Å². The Morgan fingerprint density at radius 2 is 2.06 bits per heavy atom. The SMILES string of the molecule is CC1=CC(C(C)NC(=O)C(F)(F)F)CC(C)=C1. The number of nitrogens with one attached hydrogen (secondary N) is 1. The molecule has 0 heterocycles. The zero-order valence-electron chi connectivity index (χ0n) is 10.1. The highest BCUT2D eigenvalue weighted by Crippen LogP contribution is 2.25. The van der Waals surface area contributed by atoms with Crippen molar-refractivity contribution in [2.75, 3.05) is 0 Å². The monoisotopic (exact) mass is 247 g/mol. The lowest BCUT2D eigenvalue weighted by molar-refractivity contribution is -0.174. The van der Waals surface area contributed by atoms with Crippen LogP contribution in [0.3, 0.4) is 0 Å². The summed E-state index contributed by atoms with van der Waals surface area (Å²) in [4.78, 5) is 10.8. The second-order valence-corrected chi connectivity index (χ2v) is 4.53. The van der Waals surface area contributed by atoms with Gasteiger partial charge in [0.05, 0.1) is 0 Å². The summed E-state index contributed by atoms with van der Waals surface area (Å²) in [5.41, 5.74) is 2.13. The minimum absolute atomic E-state index is 0.0775. The van der Waals surface area contributed by atoms with Gasteiger partial charge in [0, 0.05) is 12.0 Å². The van der Waals surface area contributed by atoms with E-state index in [2.05, 4.69) is 0 Å². The van der Waals surface area contributed by atoms with E-state index in [0.29, 0.717) is 6.42 Å². The first-order valence-electron chi connectivity index (χ1n) is 5.43. The molecular formula is C12H16F3NO. The van der Waals surface area contributed by atoms with Gasteiger partial charge in [-0.3, -0.25) is 4.79 Å². The van der Waals surface area contributed by atoms with Gasteiger partial charge in [-0.25, -0.2) is 0 Å². The lowest BCUT2D eigenvalue weighted by Crippen LogP contribution is -2.44. The largest absolute Gasteiger partial charge is 0.471 e. The van der Waals surface area contributed by atoms with Crippen molar-refractivity contribution in [1.29, 1.82) is 0 Å². The molecule has 1 aliphatic rings. The molecule has 0 saturated carbocycles. The number of carbonyl (C=O) groups is 1. The van der Waals surface area contributed by atoms with Gasteiger partial charge in [-0.05, 0) is 27.2 Å². The Hall–Kier alpha value is -1.26. The minimum Gasteiger partial charge on any atom is -0.345 e. The fraction of sp³-hybridized carbons (Fsp3) is 0.583. The zero-order valence-corrected chi connectivity index (χ0v) is 10.1. The van der Waals surface area contributed by atoms with E-state index in [1.807, 2.05) is 31.3 Å². The smallest absolute Gasteiger partial charge is 0.345 e. The van der Waals surface area contributed by atoms with E-state index in [0.717, 1.165) is 11.1 Å². The standard InChI is InChI=1S/C12H16F3NO/c1-7-4-8(2)6-10(5-7)9(3)16-11(17)12(13,14)15/h4-5,9-10H,6H2,1-3H3,(H,16,17). The summed E-state index contributed by atoms with van der Waals surface area (Å²) in [5, 5.41) is 1.99. The Morgan fingerprint density at radius 1 is 1.47 bits per heavy atom. The van der Waals surface area contributed by atoms with Gasteiger partial charge in [0.15, 0.2) is 0 Å². The van der Waals surface area contributed by atoms with Gasteiger partial charge in [0.2, 0.25) is 0 Å². The lowest BCUT2D eigenvalue weighted by atomic mass is 9.87. The van der Waals surface area contributed by atoms with Crippen LogP contribution in [0.1, 0.15) is 27.2 Å². The Balaban J connectivity index is 2.64. The first-order chi connectivity index (χ1) is 7.70. The summed E-state index contributed by atoms with van der Waals surface area (Å²) < 4.78 is 36.3. The van der Waals surface area contributed by atoms with Gasteiger partial charge in [-0.1, -0.05) is 23.3 Å². The average Bonchev–Trinajstić information content (AvgIpc) is 2.14. The van der Waals surface area contributed by atoms with Gasteiger partial charge >= 0.3 is 12.1 Å². The van der Waals surface area contributed by atoms with E-state index in [9.17, 15) is 18.0 Å². The molecule has 0 aromatic rings. The number of allylic oxidation sites excluding steroid dienone is 3. The number of carbonyl (C=O) groups excluding carboxylic acids is 1. The van der Waals surface area contributed by atoms with E-state index >= 15 is 0 Å². The molecule has 0 spiro atoms. The molecule has 2 atom stereocenters. The van der Waals surface area contributed by atoms with E-state index in [1.54, 1.807) is 6.92 Å². The quantitative estimate of drug-likeness (QED) is 0.798. The summed E-state index contributed by atoms with van der Waals surface area (Å²) in [7, 11) is 0. The van der Waals surface area contributed by atoms with Crippen LogP contribution in [0.4, 0.5) is 13.2 Å². The summed E-state index contributed by atoms with van der Waals surface area (Å²) in [5.74, 6) is -1.95. The molecule has 2 unspecified atom stereocenters. The van der Waals surface area contributed by atoms with Crippen LogP contribution in [0.5, 0.6) is 0 Å². The second kappa shape index (κ2) is 4.94. The molecule has 1 amide bonds. The van der Waals surface area contributed by atoms with E-state index < -0.39 is 18.1 Å². The highest BCUT2D eigenvalue weighted by atomic mass is 19.4. The number of hydrogen-bond acceptors (Lipinski definition) is 1. The number of rotatable bonds is 2. The Labute approximate surface area is 98.6 Å². The van der Waals surface area contributed by atoms with Crippen LogP contribution in [0.2, 0.25) is 0 Å². The van der Waals surface area contributed by atoms with Crippen molar-refractivity contribution in [2.45, 2.75) is 39.4 Å². The number of halogens is 3. The number of alkyl halides is 3. The zero-order chi connectivity index (χ0) is 13.2. The van der Waals surface area contributed by atoms with Crippen molar-refractivity contribution in [3.05, 3.63) is 23.3 Å². The van der Waals surface area contributed by atoms with E-state index in [-0.39, 0.29) is 5.92 Å². The third kappa shape index (κ3) is 3.91. The van der Waals surface area contributed by atoms with Gasteiger partial charge in [0.1, 0.15) is 0 Å². The molecule has 0 bridgehead atoms. The van der Waals surface area contributed by atoms with Crippen molar-refractivity contribution in [3.8, 4) is 0 Å². The molecule has 0 radical (unpaired) electrons. The molecule has 1 aliphatic carbocycles. The maximum absolute atomic E-state index is 12.1. The molecule has 5 heteroatoms. The summed E-state index contributed by atoms with van der Waals surface area (Å²) in [6.45, 7) is 5.42. The fourth-order valence-corrected chi connectivity index (χ4v) is 1.98. The first-order valence-corrected chi connectivity index (χ1v) is 5.43. The maximum Gasteiger partial charge on any atom is 0.471 e. The van der Waals surface area contributed by atoms with E-state index in [4.69, 9.17) is 0 Å². The summed E-state index contributed by atoms with van der Waals surface area (Å²) in [6.07, 6.45) is -0.244. The van der Waals surface area contributed by atoms with Crippen LogP contribution in [0.15, 0.2) is 23.3 Å². The summed E-state index contributed by atoms with van der Waals surface area (Å²) >= 11 is 0. The lowest BCUT2D eigenvalue weighted by Gasteiger charge is -2.26. The van der Waals surface area contributed by atoms with Crippen LogP contribution in [-0.4, -0.2) is 18.1 Å². The molecule has 0 saturated heterocycles. The highest BCUT2D eigenvalue weighted by Gasteiger charge is 2.39. The molecule has 0 fully saturated rings. The molecule has 1 rings (SSSR count). The maximum atomic E-state index is 12.1. The molecule has 2 nitrogen and oxygen atoms in total. The van der Waals surface area contributed by atoms with Crippen LogP contribution < -0.4 is 5.32 Å². The predicted octanol–water partition coefficient (Wildman–Crippen LogP) is 2.97. The van der Waals surface area contributed by atoms with Crippen molar-refractivity contribution in [1.82, 2.24) is 5.32 Å². The normalized spacial score (nSPS) is 22.6. The van der Waals surface area contributed by atoms with Crippen LogP contribution >= 0.6 is 0 Å².